The number of hydrogen-bond donors (Lipinski definition) is 2. The molecule has 2 aromatic heterocycles. The van der Waals surface area contributed by atoms with Gasteiger partial charge >= 0.3 is 0 Å². The number of pyridine rings is 1. The molecule has 0 saturated carbocycles. The van der Waals surface area contributed by atoms with Crippen molar-refractivity contribution in [3.63, 3.8) is 0 Å². The van der Waals surface area contributed by atoms with Crippen LogP contribution in [0.2, 0.25) is 0 Å². The number of aryl methyl sites for hydroxylation is 4. The van der Waals surface area contributed by atoms with E-state index in [2.05, 4.69) is 55.2 Å². The van der Waals surface area contributed by atoms with Crippen LogP contribution in [0.5, 0.6) is 5.75 Å². The number of rotatable bonds is 7. The highest BCUT2D eigenvalue weighted by Gasteiger charge is 2.18. The molecule has 4 heteroatoms. The number of unbranched alkanes of at least 4 members (excludes halogenated alkanes) is 1. The highest BCUT2D eigenvalue weighted by Crippen LogP contribution is 2.39. The van der Waals surface area contributed by atoms with Gasteiger partial charge in [-0.05, 0) is 94.5 Å². The molecular weight excluding hydrogens is 370 g/mol. The maximum absolute atomic E-state index is 5.88. The van der Waals surface area contributed by atoms with E-state index in [0.29, 0.717) is 6.61 Å². The monoisotopic (exact) mass is 401 g/mol. The normalized spacial score (nSPS) is 11.5. The molecule has 4 rings (SSSR count). The highest BCUT2D eigenvalue weighted by molar-refractivity contribution is 6.02. The predicted molar refractivity (Wildman–Crippen MR) is 126 cm³/mol. The molecule has 3 N–H and O–H groups in total. The van der Waals surface area contributed by atoms with Crippen LogP contribution in [0.1, 0.15) is 42.1 Å². The number of nitrogens with two attached hydrogens (primary N) is 1. The van der Waals surface area contributed by atoms with Gasteiger partial charge in [-0.25, -0.2) is 4.98 Å². The standard InChI is InChI=1S/C26H31N3O/c1-5-30-23-12-11-19(20-10-9-18(4)28-26(20)23)25-21(8-6-7-13-27)24-17(3)14-16(2)15-22(24)29-25/h9-12,14-15,29H,5-8,13,27H2,1-4H3. The first kappa shape index (κ1) is 20.4. The Bertz CT molecular complexity index is 1210. The summed E-state index contributed by atoms with van der Waals surface area (Å²) in [5.41, 5.74) is 15.2. The molecule has 2 heterocycles. The van der Waals surface area contributed by atoms with E-state index in [1.165, 1.54) is 38.9 Å². The molecule has 0 spiro atoms. The van der Waals surface area contributed by atoms with Crippen molar-refractivity contribution in [1.82, 2.24) is 9.97 Å². The minimum atomic E-state index is 0.624. The van der Waals surface area contributed by atoms with Crippen molar-refractivity contribution in [2.45, 2.75) is 47.0 Å². The number of H-pyrrole nitrogens is 1. The van der Waals surface area contributed by atoms with Crippen molar-refractivity contribution in [1.29, 1.82) is 0 Å². The third-order valence-corrected chi connectivity index (χ3v) is 5.75. The molecule has 30 heavy (non-hydrogen) atoms. The molecule has 4 nitrogen and oxygen atoms in total. The van der Waals surface area contributed by atoms with Gasteiger partial charge in [0.25, 0.3) is 0 Å². The summed E-state index contributed by atoms with van der Waals surface area (Å²) in [4.78, 5) is 8.56. The first-order chi connectivity index (χ1) is 14.5. The fraction of sp³-hybridized carbons (Fsp3) is 0.346. The molecule has 0 unspecified atom stereocenters. The molecule has 0 bridgehead atoms. The van der Waals surface area contributed by atoms with Crippen LogP contribution in [-0.2, 0) is 6.42 Å². The van der Waals surface area contributed by atoms with Crippen LogP contribution in [0.4, 0.5) is 0 Å². The SMILES string of the molecule is CCOc1ccc(-c2[nH]c3cc(C)cc(C)c3c2CCCCN)c2ccc(C)nc12. The van der Waals surface area contributed by atoms with Crippen molar-refractivity contribution >= 4 is 21.8 Å². The summed E-state index contributed by atoms with van der Waals surface area (Å²) in [6.07, 6.45) is 3.11. The topological polar surface area (TPSA) is 63.9 Å². The lowest BCUT2D eigenvalue weighted by Crippen LogP contribution is -2.00. The quantitative estimate of drug-likeness (QED) is 0.374. The van der Waals surface area contributed by atoms with Crippen molar-refractivity contribution in [3.05, 3.63) is 58.8 Å². The predicted octanol–water partition coefficient (Wildman–Crippen LogP) is 5.99. The van der Waals surface area contributed by atoms with Crippen LogP contribution in [-0.4, -0.2) is 23.1 Å². The van der Waals surface area contributed by atoms with Crippen LogP contribution >= 0.6 is 0 Å². The van der Waals surface area contributed by atoms with E-state index < -0.39 is 0 Å². The van der Waals surface area contributed by atoms with Crippen molar-refractivity contribution in [3.8, 4) is 17.0 Å². The van der Waals surface area contributed by atoms with E-state index in [-0.39, 0.29) is 0 Å². The summed E-state index contributed by atoms with van der Waals surface area (Å²) in [6, 6.07) is 13.0. The second kappa shape index (κ2) is 8.49. The van der Waals surface area contributed by atoms with Gasteiger partial charge in [0.2, 0.25) is 0 Å². The van der Waals surface area contributed by atoms with E-state index in [0.717, 1.165) is 48.2 Å². The Morgan fingerprint density at radius 2 is 1.87 bits per heavy atom. The maximum Gasteiger partial charge on any atom is 0.145 e. The largest absolute Gasteiger partial charge is 0.492 e. The average molecular weight is 402 g/mol. The van der Waals surface area contributed by atoms with E-state index in [1.807, 2.05) is 13.8 Å². The maximum atomic E-state index is 5.88. The minimum absolute atomic E-state index is 0.624. The third-order valence-electron chi connectivity index (χ3n) is 5.75. The van der Waals surface area contributed by atoms with Crippen LogP contribution in [0.25, 0.3) is 33.1 Å². The number of hydrogen-bond acceptors (Lipinski definition) is 3. The molecular formula is C26H31N3O. The second-order valence-electron chi connectivity index (χ2n) is 8.12. The van der Waals surface area contributed by atoms with Gasteiger partial charge in [-0.1, -0.05) is 12.1 Å². The van der Waals surface area contributed by atoms with E-state index >= 15 is 0 Å². The lowest BCUT2D eigenvalue weighted by Gasteiger charge is -2.13. The Morgan fingerprint density at radius 1 is 1.03 bits per heavy atom. The van der Waals surface area contributed by atoms with Crippen LogP contribution in [0.15, 0.2) is 36.4 Å². The summed E-state index contributed by atoms with van der Waals surface area (Å²) in [7, 11) is 0. The lowest BCUT2D eigenvalue weighted by molar-refractivity contribution is 0.343. The van der Waals surface area contributed by atoms with Gasteiger partial charge in [-0.3, -0.25) is 0 Å². The third kappa shape index (κ3) is 3.68. The molecule has 0 amide bonds. The van der Waals surface area contributed by atoms with Gasteiger partial charge in [0.05, 0.1) is 12.3 Å². The minimum Gasteiger partial charge on any atom is -0.492 e. The molecule has 4 aromatic rings. The van der Waals surface area contributed by atoms with Gasteiger partial charge < -0.3 is 15.5 Å². The van der Waals surface area contributed by atoms with E-state index in [1.54, 1.807) is 0 Å². The number of nitrogens with zero attached hydrogens (tertiary/aromatic N) is 1. The van der Waals surface area contributed by atoms with Crippen LogP contribution < -0.4 is 10.5 Å². The second-order valence-corrected chi connectivity index (χ2v) is 8.12. The molecule has 0 radical (unpaired) electrons. The summed E-state index contributed by atoms with van der Waals surface area (Å²) < 4.78 is 5.88. The summed E-state index contributed by atoms with van der Waals surface area (Å²) in [5.74, 6) is 0.841. The summed E-state index contributed by atoms with van der Waals surface area (Å²) in [5, 5.41) is 2.46. The fourth-order valence-electron chi connectivity index (χ4n) is 4.51. The first-order valence-corrected chi connectivity index (χ1v) is 10.9. The number of benzene rings is 2. The zero-order valence-corrected chi connectivity index (χ0v) is 18.4. The summed E-state index contributed by atoms with van der Waals surface area (Å²) >= 11 is 0. The van der Waals surface area contributed by atoms with Gasteiger partial charge in [0, 0.05) is 27.5 Å². The zero-order chi connectivity index (χ0) is 21.3. The number of fused-ring (bicyclic) bond motifs is 2. The Kier molecular flexibility index (Phi) is 5.78. The number of ether oxygens (including phenoxy) is 1. The van der Waals surface area contributed by atoms with Gasteiger partial charge in [0.15, 0.2) is 0 Å². The average Bonchev–Trinajstić information content (AvgIpc) is 3.07. The zero-order valence-electron chi connectivity index (χ0n) is 18.4. The highest BCUT2D eigenvalue weighted by atomic mass is 16.5. The molecule has 0 atom stereocenters. The molecule has 156 valence electrons. The number of nitrogens with one attached hydrogen (secondary N) is 1. The Hall–Kier alpha value is -2.85. The Labute approximate surface area is 178 Å². The number of aromatic amines is 1. The van der Waals surface area contributed by atoms with E-state index in [4.69, 9.17) is 15.5 Å². The molecule has 0 saturated heterocycles. The molecule has 0 aliphatic rings. The summed E-state index contributed by atoms with van der Waals surface area (Å²) in [6.45, 7) is 9.74. The van der Waals surface area contributed by atoms with Crippen LogP contribution in [0.3, 0.4) is 0 Å². The fourth-order valence-corrected chi connectivity index (χ4v) is 4.51. The van der Waals surface area contributed by atoms with Crippen molar-refractivity contribution in [2.24, 2.45) is 5.73 Å². The molecule has 0 fully saturated rings. The molecule has 2 aromatic carbocycles. The Balaban J connectivity index is 1.99. The Morgan fingerprint density at radius 3 is 2.63 bits per heavy atom. The molecule has 0 aliphatic heterocycles. The van der Waals surface area contributed by atoms with E-state index in [9.17, 15) is 0 Å². The van der Waals surface area contributed by atoms with Crippen LogP contribution in [0, 0.1) is 20.8 Å². The first-order valence-electron chi connectivity index (χ1n) is 10.9. The number of aromatic nitrogens is 2. The van der Waals surface area contributed by atoms with Gasteiger partial charge in [-0.15, -0.1) is 0 Å². The lowest BCUT2D eigenvalue weighted by atomic mass is 9.95. The van der Waals surface area contributed by atoms with Gasteiger partial charge in [-0.2, -0.15) is 0 Å². The van der Waals surface area contributed by atoms with Crippen molar-refractivity contribution in [2.75, 3.05) is 13.2 Å². The van der Waals surface area contributed by atoms with Crippen molar-refractivity contribution < 1.29 is 4.74 Å². The smallest absolute Gasteiger partial charge is 0.145 e. The molecule has 0 aliphatic carbocycles. The van der Waals surface area contributed by atoms with Gasteiger partial charge in [0.1, 0.15) is 11.3 Å².